The first kappa shape index (κ1) is 21.4. The molecule has 2 aromatic carbocycles. The smallest absolute Gasteiger partial charge is 0.255 e. The molecular formula is C22H28N2O4. The zero-order chi connectivity index (χ0) is 20.6. The molecule has 6 nitrogen and oxygen atoms in total. The molecule has 2 rings (SSSR count). The van der Waals surface area contributed by atoms with E-state index in [1.807, 2.05) is 44.2 Å². The van der Waals surface area contributed by atoms with Gasteiger partial charge < -0.3 is 20.1 Å². The van der Waals surface area contributed by atoms with Gasteiger partial charge in [0.15, 0.2) is 0 Å². The Labute approximate surface area is 166 Å². The minimum absolute atomic E-state index is 0.217. The van der Waals surface area contributed by atoms with Crippen molar-refractivity contribution in [2.45, 2.75) is 31.9 Å². The highest BCUT2D eigenvalue weighted by molar-refractivity contribution is 5.97. The van der Waals surface area contributed by atoms with Crippen LogP contribution in [0, 0.1) is 0 Å². The van der Waals surface area contributed by atoms with Crippen LogP contribution in [0.1, 0.15) is 29.8 Å². The van der Waals surface area contributed by atoms with Crippen molar-refractivity contribution in [2.24, 2.45) is 0 Å². The number of rotatable bonds is 9. The number of para-hydroxylation sites is 1. The van der Waals surface area contributed by atoms with Gasteiger partial charge in [-0.05, 0) is 31.5 Å². The molecule has 6 heteroatoms. The highest BCUT2D eigenvalue weighted by atomic mass is 16.5. The number of ether oxygens (including phenoxy) is 2. The fraction of sp³-hybridized carbons (Fsp3) is 0.364. The van der Waals surface area contributed by atoms with Crippen molar-refractivity contribution in [3.05, 3.63) is 65.7 Å². The number of amides is 2. The van der Waals surface area contributed by atoms with Gasteiger partial charge in [0.1, 0.15) is 11.9 Å². The quantitative estimate of drug-likeness (QED) is 0.697. The fourth-order valence-electron chi connectivity index (χ4n) is 2.78. The molecule has 2 N–H and O–H groups in total. The number of hydrogen-bond acceptors (Lipinski definition) is 4. The fourth-order valence-corrected chi connectivity index (χ4v) is 2.78. The maximum atomic E-state index is 12.6. The highest BCUT2D eigenvalue weighted by Crippen LogP contribution is 2.18. The van der Waals surface area contributed by atoms with Crippen molar-refractivity contribution < 1.29 is 19.1 Å². The van der Waals surface area contributed by atoms with E-state index in [9.17, 15) is 9.59 Å². The minimum atomic E-state index is -0.654. The second-order valence-corrected chi connectivity index (χ2v) is 7.17. The van der Waals surface area contributed by atoms with Gasteiger partial charge in [-0.25, -0.2) is 0 Å². The van der Waals surface area contributed by atoms with Gasteiger partial charge in [0.05, 0.1) is 18.2 Å². The summed E-state index contributed by atoms with van der Waals surface area (Å²) in [5, 5.41) is 5.80. The average Bonchev–Trinajstić information content (AvgIpc) is 2.70. The Morgan fingerprint density at radius 1 is 1.00 bits per heavy atom. The number of carbonyl (C=O) groups excluding carboxylic acids is 2. The molecule has 0 heterocycles. The van der Waals surface area contributed by atoms with Crippen molar-refractivity contribution in [1.82, 2.24) is 10.6 Å². The number of nitrogens with one attached hydrogen (secondary N) is 2. The standard InChI is InChI=1S/C22H28N2O4/c1-22(2,24-20(25)17-12-8-9-13-18(17)27-3)15-23-21(26)19(28-4)14-16-10-6-5-7-11-16/h5-13,19H,14-15H2,1-4H3,(H,23,26)(H,24,25). The highest BCUT2D eigenvalue weighted by Gasteiger charge is 2.25. The third-order valence-electron chi connectivity index (χ3n) is 4.35. The van der Waals surface area contributed by atoms with Crippen LogP contribution in [-0.4, -0.2) is 44.2 Å². The Morgan fingerprint density at radius 2 is 1.64 bits per heavy atom. The molecule has 150 valence electrons. The van der Waals surface area contributed by atoms with Gasteiger partial charge in [0.25, 0.3) is 5.91 Å². The normalized spacial score (nSPS) is 12.1. The van der Waals surface area contributed by atoms with Crippen LogP contribution in [0.25, 0.3) is 0 Å². The molecule has 0 aromatic heterocycles. The SMILES string of the molecule is COc1ccccc1C(=O)NC(C)(C)CNC(=O)C(Cc1ccccc1)OC. The minimum Gasteiger partial charge on any atom is -0.496 e. The summed E-state index contributed by atoms with van der Waals surface area (Å²) in [6.45, 7) is 3.96. The maximum absolute atomic E-state index is 12.6. The van der Waals surface area contributed by atoms with E-state index in [1.54, 1.807) is 24.3 Å². The van der Waals surface area contributed by atoms with Gasteiger partial charge >= 0.3 is 0 Å². The van der Waals surface area contributed by atoms with Crippen LogP contribution in [0.4, 0.5) is 0 Å². The van der Waals surface area contributed by atoms with Crippen LogP contribution in [0.5, 0.6) is 5.75 Å². The summed E-state index contributed by atoms with van der Waals surface area (Å²) in [5.74, 6) is 0.0254. The lowest BCUT2D eigenvalue weighted by Crippen LogP contribution is -2.53. The molecule has 0 fully saturated rings. The predicted octanol–water partition coefficient (Wildman–Crippen LogP) is 2.58. The summed E-state index contributed by atoms with van der Waals surface area (Å²) < 4.78 is 10.6. The summed E-state index contributed by atoms with van der Waals surface area (Å²) in [4.78, 5) is 25.1. The Hall–Kier alpha value is -2.86. The molecule has 0 saturated heterocycles. The van der Waals surface area contributed by atoms with Crippen LogP contribution in [0.15, 0.2) is 54.6 Å². The molecule has 28 heavy (non-hydrogen) atoms. The third-order valence-corrected chi connectivity index (χ3v) is 4.35. The molecule has 0 aliphatic rings. The molecule has 0 aliphatic heterocycles. The van der Waals surface area contributed by atoms with E-state index < -0.39 is 11.6 Å². The molecule has 1 atom stereocenters. The zero-order valence-corrected chi connectivity index (χ0v) is 16.8. The molecule has 0 spiro atoms. The molecule has 0 aliphatic carbocycles. The van der Waals surface area contributed by atoms with Crippen LogP contribution in [0.2, 0.25) is 0 Å². The van der Waals surface area contributed by atoms with E-state index in [-0.39, 0.29) is 18.4 Å². The molecule has 2 amide bonds. The van der Waals surface area contributed by atoms with Gasteiger partial charge in [-0.2, -0.15) is 0 Å². The lowest BCUT2D eigenvalue weighted by atomic mass is 10.0. The lowest BCUT2D eigenvalue weighted by Gasteiger charge is -2.28. The molecule has 0 radical (unpaired) electrons. The number of methoxy groups -OCH3 is 2. The molecule has 0 saturated carbocycles. The van der Waals surface area contributed by atoms with E-state index in [0.29, 0.717) is 17.7 Å². The largest absolute Gasteiger partial charge is 0.496 e. The van der Waals surface area contributed by atoms with Gasteiger partial charge in [-0.15, -0.1) is 0 Å². The van der Waals surface area contributed by atoms with Gasteiger partial charge in [-0.1, -0.05) is 42.5 Å². The first-order valence-electron chi connectivity index (χ1n) is 9.16. The van der Waals surface area contributed by atoms with Crippen molar-refractivity contribution in [3.8, 4) is 5.75 Å². The average molecular weight is 384 g/mol. The van der Waals surface area contributed by atoms with Gasteiger partial charge in [-0.3, -0.25) is 9.59 Å². The monoisotopic (exact) mass is 384 g/mol. The summed E-state index contributed by atoms with van der Waals surface area (Å²) >= 11 is 0. The van der Waals surface area contributed by atoms with Crippen molar-refractivity contribution in [1.29, 1.82) is 0 Å². The van der Waals surface area contributed by atoms with Crippen LogP contribution in [0.3, 0.4) is 0 Å². The second-order valence-electron chi connectivity index (χ2n) is 7.17. The number of hydrogen-bond donors (Lipinski definition) is 2. The zero-order valence-electron chi connectivity index (χ0n) is 16.8. The molecular weight excluding hydrogens is 356 g/mol. The van der Waals surface area contributed by atoms with Gasteiger partial charge in [0.2, 0.25) is 5.91 Å². The molecule has 1 unspecified atom stereocenters. The topological polar surface area (TPSA) is 76.7 Å². The second kappa shape index (κ2) is 9.90. The summed E-state index contributed by atoms with van der Waals surface area (Å²) in [5.41, 5.74) is 0.815. The lowest BCUT2D eigenvalue weighted by molar-refractivity contribution is -0.131. The van der Waals surface area contributed by atoms with E-state index in [4.69, 9.17) is 9.47 Å². The summed E-state index contributed by atoms with van der Waals surface area (Å²) in [6.07, 6.45) is -0.111. The van der Waals surface area contributed by atoms with E-state index in [2.05, 4.69) is 10.6 Å². The Morgan fingerprint density at radius 3 is 2.29 bits per heavy atom. The van der Waals surface area contributed by atoms with Crippen molar-refractivity contribution in [3.63, 3.8) is 0 Å². The number of carbonyl (C=O) groups is 2. The summed E-state index contributed by atoms with van der Waals surface area (Å²) in [7, 11) is 3.04. The summed E-state index contributed by atoms with van der Waals surface area (Å²) in [6, 6.07) is 16.7. The first-order chi connectivity index (χ1) is 13.4. The Bertz CT molecular complexity index is 790. The molecule has 2 aromatic rings. The van der Waals surface area contributed by atoms with E-state index >= 15 is 0 Å². The van der Waals surface area contributed by atoms with Crippen molar-refractivity contribution in [2.75, 3.05) is 20.8 Å². The van der Waals surface area contributed by atoms with Gasteiger partial charge in [0, 0.05) is 20.1 Å². The molecule has 0 bridgehead atoms. The first-order valence-corrected chi connectivity index (χ1v) is 9.16. The number of benzene rings is 2. The van der Waals surface area contributed by atoms with E-state index in [0.717, 1.165) is 5.56 Å². The Balaban J connectivity index is 1.93. The van der Waals surface area contributed by atoms with Crippen LogP contribution in [-0.2, 0) is 16.0 Å². The third kappa shape index (κ3) is 6.09. The van der Waals surface area contributed by atoms with Crippen LogP contribution >= 0.6 is 0 Å². The van der Waals surface area contributed by atoms with E-state index in [1.165, 1.54) is 14.2 Å². The van der Waals surface area contributed by atoms with Crippen LogP contribution < -0.4 is 15.4 Å². The van der Waals surface area contributed by atoms with Crippen molar-refractivity contribution >= 4 is 11.8 Å². The Kier molecular flexibility index (Phi) is 7.58. The maximum Gasteiger partial charge on any atom is 0.255 e. The predicted molar refractivity (Wildman–Crippen MR) is 108 cm³/mol.